The lowest BCUT2D eigenvalue weighted by Gasteiger charge is -2.01. The van der Waals surface area contributed by atoms with Crippen LogP contribution < -0.4 is 5.32 Å². The van der Waals surface area contributed by atoms with Crippen molar-refractivity contribution < 1.29 is 13.2 Å². The summed E-state index contributed by atoms with van der Waals surface area (Å²) >= 11 is 0. The maximum Gasteiger partial charge on any atom is 0.300 e. The van der Waals surface area contributed by atoms with Crippen LogP contribution in [0.4, 0.5) is 20.5 Å². The van der Waals surface area contributed by atoms with E-state index in [0.29, 0.717) is 16.8 Å². The Hall–Kier alpha value is -2.43. The lowest BCUT2D eigenvalue weighted by atomic mass is 10.3. The van der Waals surface area contributed by atoms with Crippen LogP contribution in [0.15, 0.2) is 46.9 Å². The Morgan fingerprint density at radius 2 is 1.83 bits per heavy atom. The first-order chi connectivity index (χ1) is 8.72. The highest BCUT2D eigenvalue weighted by Gasteiger charge is 2.07. The van der Waals surface area contributed by atoms with Crippen molar-refractivity contribution in [1.29, 1.82) is 0 Å². The molecule has 5 heteroatoms. The number of benzene rings is 2. The largest absolute Gasteiger partial charge is 0.423 e. The van der Waals surface area contributed by atoms with Crippen molar-refractivity contribution in [1.82, 2.24) is 4.98 Å². The number of fused-ring (bicyclic) bond motifs is 1. The molecule has 3 rings (SSSR count). The number of nitrogens with zero attached hydrogens (tertiary/aromatic N) is 1. The summed E-state index contributed by atoms with van der Waals surface area (Å²) in [6.45, 7) is 0. The predicted octanol–water partition coefficient (Wildman–Crippen LogP) is 3.85. The summed E-state index contributed by atoms with van der Waals surface area (Å²) in [6, 6.07) is 11.0. The SMILES string of the molecule is Fc1ccc(Nc2nc3ccccc3o2)cc1F. The number of hydrogen-bond acceptors (Lipinski definition) is 3. The van der Waals surface area contributed by atoms with Gasteiger partial charge in [0.2, 0.25) is 0 Å². The van der Waals surface area contributed by atoms with Gasteiger partial charge in [-0.25, -0.2) is 8.78 Å². The van der Waals surface area contributed by atoms with Crippen LogP contribution >= 0.6 is 0 Å². The van der Waals surface area contributed by atoms with Gasteiger partial charge in [-0.1, -0.05) is 12.1 Å². The third kappa shape index (κ3) is 1.90. The molecule has 0 amide bonds. The van der Waals surface area contributed by atoms with E-state index in [0.717, 1.165) is 12.1 Å². The first kappa shape index (κ1) is 10.7. The summed E-state index contributed by atoms with van der Waals surface area (Å²) < 4.78 is 31.2. The molecule has 0 aliphatic carbocycles. The third-order valence-corrected chi connectivity index (χ3v) is 2.46. The average molecular weight is 246 g/mol. The zero-order valence-electron chi connectivity index (χ0n) is 9.15. The Kier molecular flexibility index (Phi) is 2.44. The quantitative estimate of drug-likeness (QED) is 0.746. The topological polar surface area (TPSA) is 38.1 Å². The van der Waals surface area contributed by atoms with Crippen LogP contribution in [0.25, 0.3) is 11.1 Å². The van der Waals surface area contributed by atoms with Crippen molar-refractivity contribution in [3.63, 3.8) is 0 Å². The van der Waals surface area contributed by atoms with Crippen LogP contribution in [0.5, 0.6) is 0 Å². The van der Waals surface area contributed by atoms with Gasteiger partial charge < -0.3 is 9.73 Å². The fourth-order valence-corrected chi connectivity index (χ4v) is 1.62. The van der Waals surface area contributed by atoms with E-state index in [1.807, 2.05) is 12.1 Å². The van der Waals surface area contributed by atoms with E-state index in [4.69, 9.17) is 4.42 Å². The van der Waals surface area contributed by atoms with Crippen molar-refractivity contribution in [2.24, 2.45) is 0 Å². The number of rotatable bonds is 2. The number of halogens is 2. The van der Waals surface area contributed by atoms with E-state index in [1.54, 1.807) is 12.1 Å². The standard InChI is InChI=1S/C13H8F2N2O/c14-9-6-5-8(7-10(9)15)16-13-17-11-3-1-2-4-12(11)18-13/h1-7H,(H,16,17). The van der Waals surface area contributed by atoms with Gasteiger partial charge in [-0.2, -0.15) is 4.98 Å². The molecule has 1 aromatic heterocycles. The minimum Gasteiger partial charge on any atom is -0.423 e. The van der Waals surface area contributed by atoms with Gasteiger partial charge in [0.25, 0.3) is 6.01 Å². The van der Waals surface area contributed by atoms with Crippen LogP contribution in [-0.2, 0) is 0 Å². The van der Waals surface area contributed by atoms with Crippen molar-refractivity contribution in [3.8, 4) is 0 Å². The van der Waals surface area contributed by atoms with Crippen LogP contribution in [0.1, 0.15) is 0 Å². The lowest BCUT2D eigenvalue weighted by Crippen LogP contribution is -1.92. The van der Waals surface area contributed by atoms with Gasteiger partial charge >= 0.3 is 0 Å². The zero-order valence-corrected chi connectivity index (χ0v) is 9.15. The Balaban J connectivity index is 1.93. The first-order valence-electron chi connectivity index (χ1n) is 5.30. The number of nitrogens with one attached hydrogen (secondary N) is 1. The first-order valence-corrected chi connectivity index (χ1v) is 5.30. The molecule has 0 atom stereocenters. The van der Waals surface area contributed by atoms with Gasteiger partial charge in [-0.05, 0) is 24.3 Å². The molecule has 0 aliphatic heterocycles. The molecule has 0 aliphatic rings. The highest BCUT2D eigenvalue weighted by atomic mass is 19.2. The second kappa shape index (κ2) is 4.10. The van der Waals surface area contributed by atoms with Gasteiger partial charge in [-0.15, -0.1) is 0 Å². The molecule has 0 saturated carbocycles. The lowest BCUT2D eigenvalue weighted by molar-refractivity contribution is 0.509. The molecule has 90 valence electrons. The number of hydrogen-bond donors (Lipinski definition) is 1. The molecule has 3 aromatic rings. The molecule has 2 aromatic carbocycles. The summed E-state index contributed by atoms with van der Waals surface area (Å²) in [5.41, 5.74) is 1.70. The Labute approximate surface area is 101 Å². The predicted molar refractivity (Wildman–Crippen MR) is 63.6 cm³/mol. The fraction of sp³-hybridized carbons (Fsp3) is 0. The van der Waals surface area contributed by atoms with Crippen molar-refractivity contribution in [2.75, 3.05) is 5.32 Å². The minimum absolute atomic E-state index is 0.238. The van der Waals surface area contributed by atoms with Crippen LogP contribution in [0, 0.1) is 11.6 Å². The van der Waals surface area contributed by atoms with E-state index in [9.17, 15) is 8.78 Å². The van der Waals surface area contributed by atoms with Gasteiger partial charge in [-0.3, -0.25) is 0 Å². The third-order valence-electron chi connectivity index (χ3n) is 2.46. The molecule has 0 spiro atoms. The molecule has 18 heavy (non-hydrogen) atoms. The number of oxazole rings is 1. The molecule has 0 saturated heterocycles. The zero-order chi connectivity index (χ0) is 12.5. The molecule has 0 unspecified atom stereocenters. The summed E-state index contributed by atoms with van der Waals surface area (Å²) in [4.78, 5) is 4.17. The molecule has 0 radical (unpaired) electrons. The summed E-state index contributed by atoms with van der Waals surface area (Å²) in [7, 11) is 0. The fourth-order valence-electron chi connectivity index (χ4n) is 1.62. The maximum atomic E-state index is 13.0. The van der Waals surface area contributed by atoms with Gasteiger partial charge in [0.05, 0.1) is 0 Å². The van der Waals surface area contributed by atoms with Crippen LogP contribution in [0.3, 0.4) is 0 Å². The van der Waals surface area contributed by atoms with Crippen molar-refractivity contribution >= 4 is 22.8 Å². The maximum absolute atomic E-state index is 13.0. The monoisotopic (exact) mass is 246 g/mol. The normalized spacial score (nSPS) is 10.8. The van der Waals surface area contributed by atoms with Crippen molar-refractivity contribution in [3.05, 3.63) is 54.1 Å². The second-order valence-corrected chi connectivity index (χ2v) is 3.74. The van der Waals surface area contributed by atoms with Gasteiger partial charge in [0, 0.05) is 11.8 Å². The second-order valence-electron chi connectivity index (χ2n) is 3.74. The van der Waals surface area contributed by atoms with E-state index in [-0.39, 0.29) is 6.01 Å². The van der Waals surface area contributed by atoms with Crippen LogP contribution in [-0.4, -0.2) is 4.98 Å². The van der Waals surface area contributed by atoms with E-state index in [2.05, 4.69) is 10.3 Å². The number of aromatic nitrogens is 1. The Morgan fingerprint density at radius 3 is 2.61 bits per heavy atom. The number of anilines is 2. The minimum atomic E-state index is -0.920. The molecule has 1 N–H and O–H groups in total. The van der Waals surface area contributed by atoms with E-state index >= 15 is 0 Å². The van der Waals surface area contributed by atoms with Gasteiger partial charge in [0.15, 0.2) is 17.2 Å². The molecule has 3 nitrogen and oxygen atoms in total. The van der Waals surface area contributed by atoms with E-state index in [1.165, 1.54) is 6.07 Å². The highest BCUT2D eigenvalue weighted by molar-refractivity contribution is 5.75. The highest BCUT2D eigenvalue weighted by Crippen LogP contribution is 2.22. The Bertz CT molecular complexity index is 676. The molecule has 0 bridgehead atoms. The molecular formula is C13H8F2N2O. The molecular weight excluding hydrogens is 238 g/mol. The summed E-state index contributed by atoms with van der Waals surface area (Å²) in [5, 5.41) is 2.78. The van der Waals surface area contributed by atoms with Gasteiger partial charge in [0.1, 0.15) is 5.52 Å². The molecule has 1 heterocycles. The summed E-state index contributed by atoms with van der Waals surface area (Å²) in [6.07, 6.45) is 0. The average Bonchev–Trinajstić information content (AvgIpc) is 2.76. The summed E-state index contributed by atoms with van der Waals surface area (Å²) in [5.74, 6) is -1.81. The molecule has 0 fully saturated rings. The number of para-hydroxylation sites is 2. The Morgan fingerprint density at radius 1 is 1.00 bits per heavy atom. The van der Waals surface area contributed by atoms with Crippen LogP contribution in [0.2, 0.25) is 0 Å². The smallest absolute Gasteiger partial charge is 0.300 e. The van der Waals surface area contributed by atoms with E-state index < -0.39 is 11.6 Å². The van der Waals surface area contributed by atoms with Crippen molar-refractivity contribution in [2.45, 2.75) is 0 Å².